The fourth-order valence-corrected chi connectivity index (χ4v) is 5.90. The minimum Gasteiger partial charge on any atom is -0.331 e. The van der Waals surface area contributed by atoms with Crippen LogP contribution in [-0.2, 0) is 4.18 Å². The molecule has 6 heteroatoms. The first-order valence-corrected chi connectivity index (χ1v) is 10.5. The van der Waals surface area contributed by atoms with Crippen LogP contribution in [0.2, 0.25) is 0 Å². The lowest BCUT2D eigenvalue weighted by Crippen LogP contribution is -2.27. The van der Waals surface area contributed by atoms with E-state index in [2.05, 4.69) is 0 Å². The standard InChI is InChI=1S/C23H21F3O2S/c1-16-4-10-19(11-5-16)29(28-22(27)23(24,25)26,20-12-6-17(2)7-13-20)21-14-8-18(3)9-15-21/h4-15H,1-3H3/p+1. The summed E-state index contributed by atoms with van der Waals surface area (Å²) in [4.78, 5) is 11.5. The van der Waals surface area contributed by atoms with E-state index in [9.17, 15) is 18.0 Å². The van der Waals surface area contributed by atoms with E-state index in [1.807, 2.05) is 57.2 Å². The zero-order valence-electron chi connectivity index (χ0n) is 16.3. The number of carbonyl (C=O) groups excluding carboxylic acids is 1. The largest absolute Gasteiger partial charge is 0.607 e. The van der Waals surface area contributed by atoms with E-state index in [0.29, 0.717) is 14.7 Å². The van der Waals surface area contributed by atoms with Gasteiger partial charge in [0.15, 0.2) is 0 Å². The van der Waals surface area contributed by atoms with Crippen LogP contribution in [0, 0.1) is 20.8 Å². The van der Waals surface area contributed by atoms with E-state index >= 15 is 0 Å². The van der Waals surface area contributed by atoms with Crippen molar-refractivity contribution in [2.45, 2.75) is 41.6 Å². The molecule has 152 valence electrons. The van der Waals surface area contributed by atoms with Gasteiger partial charge >= 0.3 is 12.1 Å². The number of hydrogen-bond donors (Lipinski definition) is 0. The molecule has 0 aliphatic heterocycles. The van der Waals surface area contributed by atoms with Gasteiger partial charge < -0.3 is 4.79 Å². The third-order valence-electron chi connectivity index (χ3n) is 4.51. The Hall–Kier alpha value is -2.73. The highest BCUT2D eigenvalue weighted by Crippen LogP contribution is 2.69. The molecule has 0 unspecified atom stereocenters. The Labute approximate surface area is 169 Å². The molecule has 0 fully saturated rings. The molecule has 2 nitrogen and oxygen atoms in total. The second-order valence-corrected chi connectivity index (χ2v) is 9.57. The summed E-state index contributed by atoms with van der Waals surface area (Å²) in [6.45, 7) is 5.70. The topological polar surface area (TPSA) is 30.6 Å². The first-order chi connectivity index (χ1) is 13.6. The summed E-state index contributed by atoms with van der Waals surface area (Å²) in [7, 11) is -2.87. The van der Waals surface area contributed by atoms with Crippen LogP contribution >= 0.6 is 10.3 Å². The molecule has 0 aliphatic rings. The maximum Gasteiger partial charge on any atom is 0.607 e. The Bertz CT molecular complexity index is 881. The van der Waals surface area contributed by atoms with Gasteiger partial charge in [-0.1, -0.05) is 53.1 Å². The molecule has 1 N–H and O–H groups in total. The van der Waals surface area contributed by atoms with Crippen LogP contribution in [0.25, 0.3) is 0 Å². The highest BCUT2D eigenvalue weighted by atomic mass is 32.3. The predicted molar refractivity (Wildman–Crippen MR) is 110 cm³/mol. The lowest BCUT2D eigenvalue weighted by Gasteiger charge is -2.33. The van der Waals surface area contributed by atoms with Gasteiger partial charge in [-0.3, -0.25) is 0 Å². The number of benzene rings is 3. The van der Waals surface area contributed by atoms with Crippen molar-refractivity contribution >= 4 is 16.3 Å². The molecule has 0 saturated carbocycles. The Morgan fingerprint density at radius 2 is 0.931 bits per heavy atom. The van der Waals surface area contributed by atoms with Crippen LogP contribution in [0.5, 0.6) is 0 Å². The van der Waals surface area contributed by atoms with Gasteiger partial charge in [0.2, 0.25) is 0 Å². The maximum atomic E-state index is 13.3. The molecule has 3 aromatic carbocycles. The van der Waals surface area contributed by atoms with E-state index in [4.69, 9.17) is 4.18 Å². The van der Waals surface area contributed by atoms with Crippen molar-refractivity contribution in [2.24, 2.45) is 0 Å². The van der Waals surface area contributed by atoms with Crippen molar-refractivity contribution in [1.29, 1.82) is 0 Å². The van der Waals surface area contributed by atoms with Gasteiger partial charge in [-0.15, -0.1) is 0 Å². The number of rotatable bonds is 4. The van der Waals surface area contributed by atoms with Crippen LogP contribution in [0.15, 0.2) is 87.5 Å². The van der Waals surface area contributed by atoms with Crippen LogP contribution in [0.3, 0.4) is 0 Å². The zero-order valence-corrected chi connectivity index (χ0v) is 17.1. The monoisotopic (exact) mass is 419 g/mol. The van der Waals surface area contributed by atoms with Gasteiger partial charge in [0.05, 0.1) is 25.0 Å². The molecule has 0 radical (unpaired) electrons. The van der Waals surface area contributed by atoms with Crippen molar-refractivity contribution in [3.63, 3.8) is 0 Å². The van der Waals surface area contributed by atoms with Crippen molar-refractivity contribution in [3.05, 3.63) is 89.5 Å². The molecular weight excluding hydrogens is 397 g/mol. The molecule has 0 saturated heterocycles. The van der Waals surface area contributed by atoms with Gasteiger partial charge in [0.1, 0.15) is 0 Å². The summed E-state index contributed by atoms with van der Waals surface area (Å²) in [6, 6.07) is 21.5. The fourth-order valence-electron chi connectivity index (χ4n) is 2.91. The molecule has 0 amide bonds. The molecule has 0 heterocycles. The second kappa shape index (κ2) is 7.95. The van der Waals surface area contributed by atoms with Crippen LogP contribution < -0.4 is 0 Å². The Kier molecular flexibility index (Phi) is 5.75. The third-order valence-corrected chi connectivity index (χ3v) is 7.72. The Morgan fingerprint density at radius 3 is 1.17 bits per heavy atom. The number of aryl methyl sites for hydroxylation is 3. The van der Waals surface area contributed by atoms with E-state index < -0.39 is 22.5 Å². The zero-order chi connectivity index (χ0) is 21.2. The Morgan fingerprint density at radius 1 is 0.655 bits per heavy atom. The highest BCUT2D eigenvalue weighted by Gasteiger charge is 2.55. The second-order valence-electron chi connectivity index (χ2n) is 6.88. The molecule has 0 aliphatic carbocycles. The van der Waals surface area contributed by atoms with E-state index in [1.165, 1.54) is 0 Å². The van der Waals surface area contributed by atoms with Crippen molar-refractivity contribution in [1.82, 2.24) is 0 Å². The van der Waals surface area contributed by atoms with Crippen molar-refractivity contribution in [3.8, 4) is 0 Å². The van der Waals surface area contributed by atoms with Crippen LogP contribution in [-0.4, -0.2) is 16.9 Å². The average Bonchev–Trinajstić information content (AvgIpc) is 2.67. The smallest absolute Gasteiger partial charge is 0.331 e. The van der Waals surface area contributed by atoms with Gasteiger partial charge in [0, 0.05) is 0 Å². The molecule has 0 atom stereocenters. The SMILES string of the molecule is Cc1ccc(S(OC(=[OH+])C(F)(F)F)(c2ccc(C)cc2)c2ccc(C)cc2)cc1. The summed E-state index contributed by atoms with van der Waals surface area (Å²) in [5, 5.41) is 0. The molecule has 0 spiro atoms. The van der Waals surface area contributed by atoms with Gasteiger partial charge in [0.25, 0.3) is 0 Å². The first kappa shape index (κ1) is 21.0. The molecule has 0 aromatic heterocycles. The maximum absolute atomic E-state index is 13.3. The summed E-state index contributed by atoms with van der Waals surface area (Å²) in [5.41, 5.74) is 2.91. The fraction of sp³-hybridized carbons (Fsp3) is 0.174. The number of halogens is 3. The molecular formula is C23H22F3O2S+. The molecule has 3 rings (SSSR count). The number of hydrogen-bond acceptors (Lipinski definition) is 1. The highest BCUT2D eigenvalue weighted by molar-refractivity contribution is 8.30. The first-order valence-electron chi connectivity index (χ1n) is 8.99. The van der Waals surface area contributed by atoms with E-state index in [1.54, 1.807) is 36.4 Å². The normalized spacial score (nSPS) is 12.5. The Balaban J connectivity index is 2.33. The third kappa shape index (κ3) is 4.32. The summed E-state index contributed by atoms with van der Waals surface area (Å²) >= 11 is 0. The van der Waals surface area contributed by atoms with Crippen molar-refractivity contribution in [2.75, 3.05) is 0 Å². The molecule has 29 heavy (non-hydrogen) atoms. The predicted octanol–water partition coefficient (Wildman–Crippen LogP) is 6.89. The lowest BCUT2D eigenvalue weighted by atomic mass is 10.2. The van der Waals surface area contributed by atoms with E-state index in [0.717, 1.165) is 16.7 Å². The van der Waals surface area contributed by atoms with Gasteiger partial charge in [-0.05, 0) is 57.2 Å². The minimum atomic E-state index is -4.99. The van der Waals surface area contributed by atoms with Crippen LogP contribution in [0.1, 0.15) is 16.7 Å². The summed E-state index contributed by atoms with van der Waals surface area (Å²) in [5.74, 6) is -1.95. The summed E-state index contributed by atoms with van der Waals surface area (Å²) < 4.78 is 45.5. The van der Waals surface area contributed by atoms with Gasteiger partial charge in [-0.25, -0.2) is 4.18 Å². The van der Waals surface area contributed by atoms with Crippen molar-refractivity contribution < 1.29 is 22.1 Å². The van der Waals surface area contributed by atoms with Crippen LogP contribution in [0.4, 0.5) is 13.2 Å². The lowest BCUT2D eigenvalue weighted by molar-refractivity contribution is -0.0777. The minimum absolute atomic E-state index is 0.562. The molecule has 0 bridgehead atoms. The van der Waals surface area contributed by atoms with Gasteiger partial charge in [-0.2, -0.15) is 13.2 Å². The quantitative estimate of drug-likeness (QED) is 0.424. The number of alkyl halides is 3. The van der Waals surface area contributed by atoms with E-state index in [-0.39, 0.29) is 0 Å². The average molecular weight is 419 g/mol. The summed E-state index contributed by atoms with van der Waals surface area (Å²) in [6.07, 6.45) is -4.99. The molecule has 3 aromatic rings.